The van der Waals surface area contributed by atoms with Crippen LogP contribution in [0.25, 0.3) is 0 Å². The van der Waals surface area contributed by atoms with E-state index in [2.05, 4.69) is 16.2 Å². The lowest BCUT2D eigenvalue weighted by Crippen LogP contribution is -2.48. The van der Waals surface area contributed by atoms with Gasteiger partial charge in [0.1, 0.15) is 0 Å². The van der Waals surface area contributed by atoms with Crippen molar-refractivity contribution in [2.45, 2.75) is 32.1 Å². The minimum atomic E-state index is -0.473. The Morgan fingerprint density at radius 2 is 1.87 bits per heavy atom. The van der Waals surface area contributed by atoms with E-state index >= 15 is 0 Å². The van der Waals surface area contributed by atoms with Crippen molar-refractivity contribution >= 4 is 52.3 Å². The number of hydrogen-bond acceptors (Lipinski definition) is 3. The summed E-state index contributed by atoms with van der Waals surface area (Å²) < 4.78 is 0. The second-order valence-electron chi connectivity index (χ2n) is 5.44. The third kappa shape index (κ3) is 5.64. The van der Waals surface area contributed by atoms with Crippen molar-refractivity contribution < 1.29 is 9.59 Å². The summed E-state index contributed by atoms with van der Waals surface area (Å²) in [5.41, 5.74) is 5.13. The number of hydrogen-bond donors (Lipinski definition) is 3. The molecule has 1 fully saturated rings. The van der Waals surface area contributed by atoms with Crippen LogP contribution in [0.4, 0.5) is 0 Å². The van der Waals surface area contributed by atoms with Crippen LogP contribution in [0.2, 0.25) is 10.0 Å². The average Bonchev–Trinajstić information content (AvgIpc) is 2.97. The van der Waals surface area contributed by atoms with Crippen molar-refractivity contribution in [2.24, 2.45) is 5.92 Å². The summed E-state index contributed by atoms with van der Waals surface area (Å²) >= 11 is 16.7. The van der Waals surface area contributed by atoms with Crippen molar-refractivity contribution in [2.75, 3.05) is 0 Å². The van der Waals surface area contributed by atoms with Gasteiger partial charge in [-0.25, -0.2) is 0 Å². The van der Waals surface area contributed by atoms with E-state index in [0.717, 1.165) is 12.8 Å². The van der Waals surface area contributed by atoms with Gasteiger partial charge in [0.25, 0.3) is 5.91 Å². The summed E-state index contributed by atoms with van der Waals surface area (Å²) in [5, 5.41) is 3.27. The van der Waals surface area contributed by atoms with Crippen LogP contribution in [-0.2, 0) is 4.79 Å². The van der Waals surface area contributed by atoms with Gasteiger partial charge in [-0.15, -0.1) is 0 Å². The van der Waals surface area contributed by atoms with E-state index in [4.69, 9.17) is 35.4 Å². The molecule has 2 amide bonds. The van der Waals surface area contributed by atoms with Gasteiger partial charge in [0.2, 0.25) is 5.91 Å². The molecule has 5 nitrogen and oxygen atoms in total. The van der Waals surface area contributed by atoms with Gasteiger partial charge in [-0.1, -0.05) is 36.0 Å². The van der Waals surface area contributed by atoms with Gasteiger partial charge in [0, 0.05) is 11.4 Å². The van der Waals surface area contributed by atoms with Crippen molar-refractivity contribution in [3.05, 3.63) is 33.8 Å². The summed E-state index contributed by atoms with van der Waals surface area (Å²) in [6.07, 6.45) is 4.98. The fourth-order valence-corrected chi connectivity index (χ4v) is 3.20. The first-order chi connectivity index (χ1) is 11.0. The highest BCUT2D eigenvalue weighted by molar-refractivity contribution is 7.80. The number of hydrazine groups is 1. The van der Waals surface area contributed by atoms with E-state index in [-0.39, 0.29) is 21.6 Å². The molecule has 1 aliphatic carbocycles. The van der Waals surface area contributed by atoms with Crippen LogP contribution in [0.3, 0.4) is 0 Å². The first kappa shape index (κ1) is 18.0. The van der Waals surface area contributed by atoms with Crippen molar-refractivity contribution in [3.8, 4) is 0 Å². The zero-order chi connectivity index (χ0) is 16.8. The van der Waals surface area contributed by atoms with E-state index in [0.29, 0.717) is 17.4 Å². The Kier molecular flexibility index (Phi) is 6.62. The predicted molar refractivity (Wildman–Crippen MR) is 94.4 cm³/mol. The number of amides is 2. The lowest BCUT2D eigenvalue weighted by molar-refractivity contribution is -0.120. The van der Waals surface area contributed by atoms with Crippen molar-refractivity contribution in [3.63, 3.8) is 0 Å². The summed E-state index contributed by atoms with van der Waals surface area (Å²) in [5.74, 6) is -0.188. The minimum absolute atomic E-state index is 0.0476. The van der Waals surface area contributed by atoms with E-state index in [1.165, 1.54) is 25.0 Å². The highest BCUT2D eigenvalue weighted by atomic mass is 35.5. The van der Waals surface area contributed by atoms with Gasteiger partial charge < -0.3 is 5.32 Å². The maximum Gasteiger partial charge on any atom is 0.271 e. The van der Waals surface area contributed by atoms with Crippen molar-refractivity contribution in [1.29, 1.82) is 0 Å². The third-order valence-corrected chi connectivity index (χ3v) is 4.42. The second-order valence-corrected chi connectivity index (χ2v) is 6.69. The van der Waals surface area contributed by atoms with Crippen LogP contribution in [-0.4, -0.2) is 16.9 Å². The summed E-state index contributed by atoms with van der Waals surface area (Å²) in [6.45, 7) is 0. The lowest BCUT2D eigenvalue weighted by Gasteiger charge is -2.13. The molecule has 8 heteroatoms. The Balaban J connectivity index is 1.77. The average molecular weight is 374 g/mol. The molecule has 1 aliphatic rings. The van der Waals surface area contributed by atoms with Gasteiger partial charge in [0.15, 0.2) is 5.11 Å². The first-order valence-corrected chi connectivity index (χ1v) is 8.47. The maximum absolute atomic E-state index is 12.0. The molecule has 0 radical (unpaired) electrons. The molecule has 0 atom stereocenters. The summed E-state index contributed by atoms with van der Waals surface area (Å²) in [4.78, 5) is 23.8. The molecule has 0 spiro atoms. The molecule has 1 saturated carbocycles. The molecular formula is C15H17Cl2N3O2S. The molecule has 1 aromatic carbocycles. The second kappa shape index (κ2) is 8.47. The summed E-state index contributed by atoms with van der Waals surface area (Å²) in [6, 6.07) is 4.53. The molecular weight excluding hydrogens is 357 g/mol. The molecule has 0 aromatic heterocycles. The Morgan fingerprint density at radius 3 is 2.52 bits per heavy atom. The fraction of sp³-hybridized carbons (Fsp3) is 0.400. The van der Waals surface area contributed by atoms with E-state index in [1.807, 2.05) is 0 Å². The first-order valence-electron chi connectivity index (χ1n) is 7.31. The molecule has 124 valence electrons. The Morgan fingerprint density at radius 1 is 1.17 bits per heavy atom. The minimum Gasteiger partial charge on any atom is -0.302 e. The van der Waals surface area contributed by atoms with E-state index in [1.54, 1.807) is 6.07 Å². The van der Waals surface area contributed by atoms with Gasteiger partial charge in [-0.2, -0.15) is 0 Å². The zero-order valence-corrected chi connectivity index (χ0v) is 14.7. The van der Waals surface area contributed by atoms with Crippen LogP contribution in [0.15, 0.2) is 18.2 Å². The quantitative estimate of drug-likeness (QED) is 0.561. The van der Waals surface area contributed by atoms with Crippen molar-refractivity contribution in [1.82, 2.24) is 16.2 Å². The van der Waals surface area contributed by atoms with Crippen LogP contribution in [0.1, 0.15) is 42.5 Å². The topological polar surface area (TPSA) is 70.2 Å². The number of rotatable bonds is 3. The van der Waals surface area contributed by atoms with Gasteiger partial charge >= 0.3 is 0 Å². The molecule has 1 aromatic rings. The van der Waals surface area contributed by atoms with E-state index in [9.17, 15) is 9.59 Å². The number of thiocarbonyl (C=S) groups is 1. The zero-order valence-electron chi connectivity index (χ0n) is 12.3. The van der Waals surface area contributed by atoms with Crippen LogP contribution in [0.5, 0.6) is 0 Å². The molecule has 3 N–H and O–H groups in total. The highest BCUT2D eigenvalue weighted by Crippen LogP contribution is 2.27. The smallest absolute Gasteiger partial charge is 0.271 e. The Labute approximate surface area is 150 Å². The number of benzene rings is 1. The van der Waals surface area contributed by atoms with Gasteiger partial charge in [-0.3, -0.25) is 20.4 Å². The van der Waals surface area contributed by atoms with E-state index < -0.39 is 5.91 Å². The molecule has 0 saturated heterocycles. The molecule has 23 heavy (non-hydrogen) atoms. The Bertz CT molecular complexity index is 619. The van der Waals surface area contributed by atoms with Crippen LogP contribution in [0, 0.1) is 5.92 Å². The number of halogens is 2. The molecule has 0 aliphatic heterocycles. The largest absolute Gasteiger partial charge is 0.302 e. The fourth-order valence-electron chi connectivity index (χ4n) is 2.54. The van der Waals surface area contributed by atoms with Gasteiger partial charge in [0.05, 0.1) is 10.6 Å². The third-order valence-electron chi connectivity index (χ3n) is 3.67. The molecule has 0 bridgehead atoms. The van der Waals surface area contributed by atoms with Crippen LogP contribution < -0.4 is 16.2 Å². The predicted octanol–water partition coefficient (Wildman–Crippen LogP) is 3.21. The van der Waals surface area contributed by atoms with Crippen LogP contribution >= 0.6 is 35.4 Å². The SMILES string of the molecule is O=C(CC1CCCC1)NC(=S)NNC(=O)c1ccc(Cl)cc1Cl. The maximum atomic E-state index is 12.0. The number of nitrogens with one attached hydrogen (secondary N) is 3. The standard InChI is InChI=1S/C15H17Cl2N3O2S/c16-10-5-6-11(12(17)8-10)14(22)19-20-15(23)18-13(21)7-9-3-1-2-4-9/h5-6,8-9H,1-4,7H2,(H,19,22)(H2,18,20,21,23). The highest BCUT2D eigenvalue weighted by Gasteiger charge is 2.19. The number of carbonyl (C=O) groups is 2. The monoisotopic (exact) mass is 373 g/mol. The lowest BCUT2D eigenvalue weighted by atomic mass is 10.0. The molecule has 0 unspecified atom stereocenters. The van der Waals surface area contributed by atoms with Gasteiger partial charge in [-0.05, 0) is 49.2 Å². The summed E-state index contributed by atoms with van der Waals surface area (Å²) in [7, 11) is 0. The number of carbonyl (C=O) groups excluding carboxylic acids is 2. The molecule has 0 heterocycles. The Hall–Kier alpha value is -1.37. The molecule has 2 rings (SSSR count). The normalized spacial score (nSPS) is 14.3.